The zero-order valence-electron chi connectivity index (χ0n) is 15.8. The van der Waals surface area contributed by atoms with Crippen molar-refractivity contribution in [2.24, 2.45) is 10.9 Å². The summed E-state index contributed by atoms with van der Waals surface area (Å²) in [5.41, 5.74) is 0. The highest BCUT2D eigenvalue weighted by Crippen LogP contribution is 2.12. The first-order chi connectivity index (χ1) is 12.3. The van der Waals surface area contributed by atoms with Gasteiger partial charge in [0, 0.05) is 45.2 Å². The van der Waals surface area contributed by atoms with E-state index in [1.165, 1.54) is 7.11 Å². The molecule has 7 nitrogen and oxygen atoms in total. The molecule has 1 aliphatic heterocycles. The zero-order chi connectivity index (χ0) is 18.2. The lowest BCUT2D eigenvalue weighted by Gasteiger charge is -2.11. The van der Waals surface area contributed by atoms with Gasteiger partial charge in [0.25, 0.3) is 0 Å². The average molecular weight is 357 g/mol. The highest BCUT2D eigenvalue weighted by molar-refractivity contribution is 5.79. The molecule has 1 aliphatic rings. The van der Waals surface area contributed by atoms with Gasteiger partial charge in [0.05, 0.1) is 20.3 Å². The molecule has 0 aromatic carbocycles. The summed E-state index contributed by atoms with van der Waals surface area (Å²) in [6.07, 6.45) is 5.41. The van der Waals surface area contributed by atoms with Crippen LogP contribution in [0.15, 0.2) is 4.99 Å². The Labute approximate surface area is 151 Å². The highest BCUT2D eigenvalue weighted by Gasteiger charge is 2.15. The van der Waals surface area contributed by atoms with E-state index in [1.807, 2.05) is 0 Å². The number of esters is 1. The standard InChI is InChI=1S/C18H35N3O4/c1-3-19-18(20-10-6-4-5-8-17(22)23-2)21-11-7-12-24-14-16-9-13-25-15-16/h16H,3-15H2,1-2H3,(H2,19,20,21). The number of nitrogens with zero attached hydrogens (tertiary/aromatic N) is 1. The smallest absolute Gasteiger partial charge is 0.305 e. The SMILES string of the molecule is CCNC(=NCCCOCC1CCOC1)NCCCCCC(=O)OC. The first-order valence-corrected chi connectivity index (χ1v) is 9.50. The fourth-order valence-electron chi connectivity index (χ4n) is 2.54. The number of hydrogen-bond acceptors (Lipinski definition) is 5. The summed E-state index contributed by atoms with van der Waals surface area (Å²) in [6, 6.07) is 0. The number of methoxy groups -OCH3 is 1. The summed E-state index contributed by atoms with van der Waals surface area (Å²) in [6.45, 7) is 7.75. The van der Waals surface area contributed by atoms with Crippen molar-refractivity contribution in [2.75, 3.05) is 53.2 Å². The Hall–Kier alpha value is -1.34. The molecule has 0 bridgehead atoms. The Morgan fingerprint density at radius 1 is 1.24 bits per heavy atom. The van der Waals surface area contributed by atoms with Crippen molar-refractivity contribution >= 4 is 11.9 Å². The minimum absolute atomic E-state index is 0.134. The van der Waals surface area contributed by atoms with Gasteiger partial charge < -0.3 is 24.8 Å². The number of unbranched alkanes of at least 4 members (excludes halogenated alkanes) is 2. The van der Waals surface area contributed by atoms with Gasteiger partial charge in [-0.3, -0.25) is 9.79 Å². The van der Waals surface area contributed by atoms with E-state index in [9.17, 15) is 4.79 Å². The normalized spacial score (nSPS) is 17.5. The van der Waals surface area contributed by atoms with Gasteiger partial charge >= 0.3 is 5.97 Å². The van der Waals surface area contributed by atoms with E-state index in [2.05, 4.69) is 27.3 Å². The Kier molecular flexibility index (Phi) is 13.0. The van der Waals surface area contributed by atoms with Gasteiger partial charge in [-0.05, 0) is 32.6 Å². The second-order valence-corrected chi connectivity index (χ2v) is 6.23. The largest absolute Gasteiger partial charge is 0.469 e. The zero-order valence-corrected chi connectivity index (χ0v) is 15.8. The maximum absolute atomic E-state index is 11.0. The van der Waals surface area contributed by atoms with Crippen molar-refractivity contribution in [2.45, 2.75) is 45.4 Å². The number of aliphatic imine (C=N–C) groups is 1. The average Bonchev–Trinajstić information content (AvgIpc) is 3.13. The highest BCUT2D eigenvalue weighted by atomic mass is 16.5. The molecule has 1 atom stereocenters. The number of ether oxygens (including phenoxy) is 3. The van der Waals surface area contributed by atoms with Crippen molar-refractivity contribution < 1.29 is 19.0 Å². The molecule has 1 unspecified atom stereocenters. The van der Waals surface area contributed by atoms with Crippen LogP contribution in [0.2, 0.25) is 0 Å². The van der Waals surface area contributed by atoms with Crippen molar-refractivity contribution in [3.05, 3.63) is 0 Å². The monoisotopic (exact) mass is 357 g/mol. The molecule has 146 valence electrons. The van der Waals surface area contributed by atoms with E-state index in [0.29, 0.717) is 12.3 Å². The molecule has 2 N–H and O–H groups in total. The third-order valence-electron chi connectivity index (χ3n) is 4.02. The summed E-state index contributed by atoms with van der Waals surface area (Å²) in [7, 11) is 1.43. The summed E-state index contributed by atoms with van der Waals surface area (Å²) >= 11 is 0. The van der Waals surface area contributed by atoms with Gasteiger partial charge in [-0.1, -0.05) is 6.42 Å². The maximum Gasteiger partial charge on any atom is 0.305 e. The molecule has 1 heterocycles. The Bertz CT molecular complexity index is 371. The lowest BCUT2D eigenvalue weighted by Crippen LogP contribution is -2.37. The van der Waals surface area contributed by atoms with Gasteiger partial charge in [-0.15, -0.1) is 0 Å². The number of carbonyl (C=O) groups excluding carboxylic acids is 1. The molecule has 0 aromatic heterocycles. The van der Waals surface area contributed by atoms with E-state index in [0.717, 1.165) is 84.1 Å². The van der Waals surface area contributed by atoms with Gasteiger partial charge in [-0.25, -0.2) is 0 Å². The number of hydrogen-bond donors (Lipinski definition) is 2. The van der Waals surface area contributed by atoms with E-state index < -0.39 is 0 Å². The molecule has 1 fully saturated rings. The summed E-state index contributed by atoms with van der Waals surface area (Å²) in [5.74, 6) is 1.28. The van der Waals surface area contributed by atoms with Crippen LogP contribution >= 0.6 is 0 Å². The van der Waals surface area contributed by atoms with Crippen LogP contribution in [0.3, 0.4) is 0 Å². The van der Waals surface area contributed by atoms with Crippen molar-refractivity contribution in [1.82, 2.24) is 10.6 Å². The second-order valence-electron chi connectivity index (χ2n) is 6.23. The maximum atomic E-state index is 11.0. The Morgan fingerprint density at radius 2 is 2.12 bits per heavy atom. The molecule has 0 aliphatic carbocycles. The third-order valence-corrected chi connectivity index (χ3v) is 4.02. The molecule has 7 heteroatoms. The quantitative estimate of drug-likeness (QED) is 0.226. The molecule has 1 saturated heterocycles. The number of rotatable bonds is 13. The molecule has 0 radical (unpaired) electrons. The van der Waals surface area contributed by atoms with E-state index in [1.54, 1.807) is 0 Å². The molecular formula is C18H35N3O4. The number of nitrogens with one attached hydrogen (secondary N) is 2. The minimum Gasteiger partial charge on any atom is -0.469 e. The topological polar surface area (TPSA) is 81.2 Å². The molecule has 0 amide bonds. The van der Waals surface area contributed by atoms with Crippen LogP contribution in [0, 0.1) is 5.92 Å². The van der Waals surface area contributed by atoms with Crippen molar-refractivity contribution in [3.8, 4) is 0 Å². The van der Waals surface area contributed by atoms with Crippen LogP contribution in [-0.4, -0.2) is 65.1 Å². The van der Waals surface area contributed by atoms with Crippen molar-refractivity contribution in [3.63, 3.8) is 0 Å². The predicted molar refractivity (Wildman–Crippen MR) is 98.8 cm³/mol. The first-order valence-electron chi connectivity index (χ1n) is 9.50. The molecule has 25 heavy (non-hydrogen) atoms. The fourth-order valence-corrected chi connectivity index (χ4v) is 2.54. The van der Waals surface area contributed by atoms with Crippen LogP contribution in [0.4, 0.5) is 0 Å². The summed E-state index contributed by atoms with van der Waals surface area (Å²) < 4.78 is 15.6. The van der Waals surface area contributed by atoms with Gasteiger partial charge in [0.15, 0.2) is 5.96 Å². The Balaban J connectivity index is 2.02. The van der Waals surface area contributed by atoms with Gasteiger partial charge in [-0.2, -0.15) is 0 Å². The van der Waals surface area contributed by atoms with E-state index in [-0.39, 0.29) is 5.97 Å². The molecule has 0 spiro atoms. The summed E-state index contributed by atoms with van der Waals surface area (Å²) in [5, 5.41) is 6.57. The summed E-state index contributed by atoms with van der Waals surface area (Å²) in [4.78, 5) is 15.6. The minimum atomic E-state index is -0.134. The van der Waals surface area contributed by atoms with Crippen LogP contribution in [0.5, 0.6) is 0 Å². The molecule has 0 saturated carbocycles. The third kappa shape index (κ3) is 11.8. The van der Waals surface area contributed by atoms with Crippen LogP contribution < -0.4 is 10.6 Å². The number of carbonyl (C=O) groups is 1. The lowest BCUT2D eigenvalue weighted by atomic mass is 10.1. The van der Waals surface area contributed by atoms with Crippen molar-refractivity contribution in [1.29, 1.82) is 0 Å². The molecule has 1 rings (SSSR count). The van der Waals surface area contributed by atoms with Gasteiger partial charge in [0.1, 0.15) is 0 Å². The number of guanidine groups is 1. The van der Waals surface area contributed by atoms with Crippen LogP contribution in [0.25, 0.3) is 0 Å². The second kappa shape index (κ2) is 15.0. The van der Waals surface area contributed by atoms with E-state index in [4.69, 9.17) is 9.47 Å². The Morgan fingerprint density at radius 3 is 2.84 bits per heavy atom. The lowest BCUT2D eigenvalue weighted by molar-refractivity contribution is -0.140. The molecule has 0 aromatic rings. The van der Waals surface area contributed by atoms with Crippen LogP contribution in [-0.2, 0) is 19.0 Å². The van der Waals surface area contributed by atoms with Crippen LogP contribution in [0.1, 0.15) is 45.4 Å². The van der Waals surface area contributed by atoms with Gasteiger partial charge in [0.2, 0.25) is 0 Å². The van der Waals surface area contributed by atoms with E-state index >= 15 is 0 Å². The first kappa shape index (κ1) is 21.7. The molecular weight excluding hydrogens is 322 g/mol. The fraction of sp³-hybridized carbons (Fsp3) is 0.889. The predicted octanol–water partition coefficient (Wildman–Crippen LogP) is 1.72.